The summed E-state index contributed by atoms with van der Waals surface area (Å²) in [7, 11) is 0. The molecule has 3 aromatic rings. The van der Waals surface area contributed by atoms with Crippen molar-refractivity contribution in [1.29, 1.82) is 0 Å². The summed E-state index contributed by atoms with van der Waals surface area (Å²) in [5.74, 6) is 0.658. The number of benzene rings is 3. The van der Waals surface area contributed by atoms with E-state index in [1.54, 1.807) is 0 Å². The molecule has 0 atom stereocenters. The second-order valence-corrected chi connectivity index (χ2v) is 6.49. The fourth-order valence-electron chi connectivity index (χ4n) is 2.91. The molecule has 3 aromatic carbocycles. The number of nitro benzene ring substituents is 2. The van der Waals surface area contributed by atoms with Crippen LogP contribution >= 0.6 is 0 Å². The predicted molar refractivity (Wildman–Crippen MR) is 115 cm³/mol. The van der Waals surface area contributed by atoms with Crippen LogP contribution in [-0.2, 0) is 0 Å². The van der Waals surface area contributed by atoms with E-state index in [1.807, 2.05) is 36.4 Å². The van der Waals surface area contributed by atoms with Crippen LogP contribution in [-0.4, -0.2) is 22.7 Å². The summed E-state index contributed by atoms with van der Waals surface area (Å²) in [6.07, 6.45) is 3.45. The standard InChI is InChI=1S/C21H20N4O5/c1-2-3-12-30-21-11-8-15-6-4-5-7-17(15)18(21)14-22-23-19-10-9-16(24(26)27)13-20(19)25(28)29/h4-11,13-14,23H,2-3,12H2,1H3/b22-14+. The zero-order chi connectivity index (χ0) is 21.5. The number of fused-ring (bicyclic) bond motifs is 1. The second kappa shape index (κ2) is 9.46. The molecule has 0 aliphatic heterocycles. The molecule has 0 fully saturated rings. The number of nitrogens with zero attached hydrogens (tertiary/aromatic N) is 3. The highest BCUT2D eigenvalue weighted by atomic mass is 16.6. The van der Waals surface area contributed by atoms with Gasteiger partial charge in [-0.3, -0.25) is 25.7 Å². The maximum absolute atomic E-state index is 11.3. The van der Waals surface area contributed by atoms with Gasteiger partial charge in [0.15, 0.2) is 0 Å². The smallest absolute Gasteiger partial charge is 0.301 e. The van der Waals surface area contributed by atoms with Crippen LogP contribution in [0.15, 0.2) is 59.7 Å². The molecule has 0 spiro atoms. The summed E-state index contributed by atoms with van der Waals surface area (Å²) in [6.45, 7) is 2.64. The second-order valence-electron chi connectivity index (χ2n) is 6.49. The molecule has 0 radical (unpaired) electrons. The van der Waals surface area contributed by atoms with Crippen molar-refractivity contribution < 1.29 is 14.6 Å². The van der Waals surface area contributed by atoms with E-state index in [4.69, 9.17) is 4.74 Å². The third kappa shape index (κ3) is 4.69. The fraction of sp³-hybridized carbons (Fsp3) is 0.190. The van der Waals surface area contributed by atoms with Crippen molar-refractivity contribution in [1.82, 2.24) is 0 Å². The number of nitro groups is 2. The van der Waals surface area contributed by atoms with Crippen LogP contribution in [0.5, 0.6) is 5.75 Å². The number of nitrogens with one attached hydrogen (secondary N) is 1. The van der Waals surface area contributed by atoms with Gasteiger partial charge in [-0.1, -0.05) is 43.7 Å². The Labute approximate surface area is 172 Å². The zero-order valence-electron chi connectivity index (χ0n) is 16.3. The number of anilines is 1. The first-order valence-corrected chi connectivity index (χ1v) is 9.37. The van der Waals surface area contributed by atoms with E-state index in [9.17, 15) is 20.2 Å². The first-order valence-electron chi connectivity index (χ1n) is 9.37. The molecule has 0 amide bonds. The van der Waals surface area contributed by atoms with E-state index in [1.165, 1.54) is 18.3 Å². The van der Waals surface area contributed by atoms with Crippen LogP contribution in [0.2, 0.25) is 0 Å². The molecule has 154 valence electrons. The van der Waals surface area contributed by atoms with Gasteiger partial charge in [-0.15, -0.1) is 0 Å². The number of hydrazone groups is 1. The number of unbranched alkanes of at least 4 members (excludes halogenated alkanes) is 1. The summed E-state index contributed by atoms with van der Waals surface area (Å²) in [6, 6.07) is 14.9. The molecular weight excluding hydrogens is 388 g/mol. The number of non-ortho nitro benzene ring substituents is 1. The highest BCUT2D eigenvalue weighted by Gasteiger charge is 2.19. The first-order chi connectivity index (χ1) is 14.5. The topological polar surface area (TPSA) is 120 Å². The minimum Gasteiger partial charge on any atom is -0.493 e. The summed E-state index contributed by atoms with van der Waals surface area (Å²) in [5, 5.41) is 28.2. The summed E-state index contributed by atoms with van der Waals surface area (Å²) in [5.41, 5.74) is 2.61. The quantitative estimate of drug-likeness (QED) is 0.222. The average Bonchev–Trinajstić information content (AvgIpc) is 2.74. The molecular formula is C21H20N4O5. The highest BCUT2D eigenvalue weighted by molar-refractivity contribution is 6.02. The van der Waals surface area contributed by atoms with Crippen molar-refractivity contribution in [2.24, 2.45) is 5.10 Å². The lowest BCUT2D eigenvalue weighted by atomic mass is 10.0. The van der Waals surface area contributed by atoms with Crippen LogP contribution in [0.3, 0.4) is 0 Å². The van der Waals surface area contributed by atoms with Crippen LogP contribution < -0.4 is 10.2 Å². The number of hydrogen-bond donors (Lipinski definition) is 1. The molecule has 0 unspecified atom stereocenters. The lowest BCUT2D eigenvalue weighted by molar-refractivity contribution is -0.393. The first kappa shape index (κ1) is 20.7. The molecule has 9 heteroatoms. The van der Waals surface area contributed by atoms with Gasteiger partial charge in [-0.05, 0) is 29.3 Å². The Kier molecular flexibility index (Phi) is 6.53. The van der Waals surface area contributed by atoms with E-state index in [0.29, 0.717) is 12.4 Å². The molecule has 0 bridgehead atoms. The van der Waals surface area contributed by atoms with Gasteiger partial charge in [0, 0.05) is 11.6 Å². The Hall–Kier alpha value is -4.01. The molecule has 0 heterocycles. The molecule has 3 rings (SSSR count). The van der Waals surface area contributed by atoms with Crippen LogP contribution in [0, 0.1) is 20.2 Å². The summed E-state index contributed by atoms with van der Waals surface area (Å²) in [4.78, 5) is 20.8. The maximum Gasteiger partial charge on any atom is 0.301 e. The lowest BCUT2D eigenvalue weighted by Crippen LogP contribution is -2.02. The van der Waals surface area contributed by atoms with E-state index < -0.39 is 15.5 Å². The third-order valence-corrected chi connectivity index (χ3v) is 4.45. The van der Waals surface area contributed by atoms with Gasteiger partial charge in [-0.25, -0.2) is 0 Å². The Morgan fingerprint density at radius 2 is 1.87 bits per heavy atom. The largest absolute Gasteiger partial charge is 0.493 e. The molecule has 0 aliphatic rings. The number of rotatable bonds is 9. The van der Waals surface area contributed by atoms with Crippen molar-refractivity contribution in [3.05, 3.63) is 80.4 Å². The molecule has 0 aromatic heterocycles. The minimum absolute atomic E-state index is 0.0514. The third-order valence-electron chi connectivity index (χ3n) is 4.45. The van der Waals surface area contributed by atoms with Crippen LogP contribution in [0.4, 0.5) is 17.1 Å². The molecule has 0 saturated carbocycles. The monoisotopic (exact) mass is 408 g/mol. The normalized spacial score (nSPS) is 11.0. The minimum atomic E-state index is -0.692. The lowest BCUT2D eigenvalue weighted by Gasteiger charge is -2.11. The van der Waals surface area contributed by atoms with Gasteiger partial charge in [0.25, 0.3) is 5.69 Å². The highest BCUT2D eigenvalue weighted by Crippen LogP contribution is 2.30. The fourth-order valence-corrected chi connectivity index (χ4v) is 2.91. The van der Waals surface area contributed by atoms with Gasteiger partial charge < -0.3 is 4.74 Å². The van der Waals surface area contributed by atoms with Gasteiger partial charge in [0.1, 0.15) is 11.4 Å². The Morgan fingerprint density at radius 3 is 2.60 bits per heavy atom. The van der Waals surface area contributed by atoms with Crippen molar-refractivity contribution in [2.45, 2.75) is 19.8 Å². The molecule has 0 aliphatic carbocycles. The van der Waals surface area contributed by atoms with Gasteiger partial charge >= 0.3 is 5.69 Å². The molecule has 0 saturated heterocycles. The van der Waals surface area contributed by atoms with Crippen molar-refractivity contribution in [2.75, 3.05) is 12.0 Å². The van der Waals surface area contributed by atoms with Crippen molar-refractivity contribution in [3.63, 3.8) is 0 Å². The zero-order valence-corrected chi connectivity index (χ0v) is 16.3. The van der Waals surface area contributed by atoms with E-state index in [0.717, 1.165) is 35.2 Å². The van der Waals surface area contributed by atoms with Crippen LogP contribution in [0.25, 0.3) is 10.8 Å². The van der Waals surface area contributed by atoms with Gasteiger partial charge in [0.2, 0.25) is 0 Å². The molecule has 30 heavy (non-hydrogen) atoms. The van der Waals surface area contributed by atoms with Crippen LogP contribution in [0.1, 0.15) is 25.3 Å². The average molecular weight is 408 g/mol. The summed E-state index contributed by atoms with van der Waals surface area (Å²) < 4.78 is 5.89. The Bertz CT molecular complexity index is 1110. The van der Waals surface area contributed by atoms with E-state index in [-0.39, 0.29) is 11.4 Å². The Balaban J connectivity index is 1.93. The SMILES string of the molecule is CCCCOc1ccc2ccccc2c1/C=N/Nc1ccc([N+](=O)[O-])cc1[N+](=O)[O-]. The molecule has 9 nitrogen and oxygen atoms in total. The van der Waals surface area contributed by atoms with E-state index in [2.05, 4.69) is 17.5 Å². The Morgan fingerprint density at radius 1 is 1.07 bits per heavy atom. The van der Waals surface area contributed by atoms with Crippen molar-refractivity contribution >= 4 is 34.0 Å². The van der Waals surface area contributed by atoms with Gasteiger partial charge in [0.05, 0.1) is 28.7 Å². The van der Waals surface area contributed by atoms with Crippen molar-refractivity contribution in [3.8, 4) is 5.75 Å². The maximum atomic E-state index is 11.3. The van der Waals surface area contributed by atoms with Gasteiger partial charge in [-0.2, -0.15) is 5.10 Å². The molecule has 1 N–H and O–H groups in total. The number of hydrogen-bond acceptors (Lipinski definition) is 7. The van der Waals surface area contributed by atoms with E-state index >= 15 is 0 Å². The predicted octanol–water partition coefficient (Wildman–Crippen LogP) is 5.28. The number of ether oxygens (including phenoxy) is 1. The summed E-state index contributed by atoms with van der Waals surface area (Å²) >= 11 is 0.